The summed E-state index contributed by atoms with van der Waals surface area (Å²) in [5, 5.41) is 0.120. The Morgan fingerprint density at radius 2 is 2.20 bits per heavy atom. The third-order valence-electron chi connectivity index (χ3n) is 1.94. The van der Waals surface area contributed by atoms with Crippen molar-refractivity contribution in [3.05, 3.63) is 45.5 Å². The molecule has 0 spiro atoms. The molecule has 2 aromatic rings. The van der Waals surface area contributed by atoms with E-state index in [9.17, 15) is 4.79 Å². The van der Waals surface area contributed by atoms with Crippen molar-refractivity contribution in [2.24, 2.45) is 0 Å². The molecule has 76 valence electrons. The Morgan fingerprint density at radius 3 is 2.80 bits per heavy atom. The smallest absolute Gasteiger partial charge is 0.270 e. The average Bonchev–Trinajstić information content (AvgIpc) is 2.26. The highest BCUT2D eigenvalue weighted by Gasteiger charge is 2.07. The summed E-state index contributed by atoms with van der Waals surface area (Å²) in [5.74, 6) is 0.433. The first kappa shape index (κ1) is 9.86. The molecule has 5 heteroatoms. The highest BCUT2D eigenvalue weighted by Crippen LogP contribution is 2.12. The van der Waals surface area contributed by atoms with Crippen LogP contribution in [-0.2, 0) is 0 Å². The zero-order valence-corrected chi connectivity index (χ0v) is 8.75. The first-order valence-electron chi connectivity index (χ1n) is 4.36. The minimum absolute atomic E-state index is 0.120. The number of pyridine rings is 1. The Kier molecular flexibility index (Phi) is 2.51. The molecule has 0 amide bonds. The van der Waals surface area contributed by atoms with Crippen LogP contribution in [0.25, 0.3) is 11.5 Å². The molecule has 2 heterocycles. The summed E-state index contributed by atoms with van der Waals surface area (Å²) in [6.07, 6.45) is 1.64. The van der Waals surface area contributed by atoms with Crippen LogP contribution in [0.3, 0.4) is 0 Å². The molecule has 0 atom stereocenters. The van der Waals surface area contributed by atoms with Crippen LogP contribution in [-0.4, -0.2) is 15.0 Å². The van der Waals surface area contributed by atoms with Crippen LogP contribution >= 0.6 is 11.6 Å². The fraction of sp³-hybridized carbons (Fsp3) is 0.100. The van der Waals surface area contributed by atoms with Gasteiger partial charge in [-0.25, -0.2) is 4.98 Å². The van der Waals surface area contributed by atoms with E-state index >= 15 is 0 Å². The second kappa shape index (κ2) is 3.82. The van der Waals surface area contributed by atoms with Gasteiger partial charge in [0.15, 0.2) is 5.82 Å². The van der Waals surface area contributed by atoms with E-state index in [0.29, 0.717) is 17.2 Å². The van der Waals surface area contributed by atoms with E-state index in [1.54, 1.807) is 25.3 Å². The fourth-order valence-electron chi connectivity index (χ4n) is 1.20. The van der Waals surface area contributed by atoms with Gasteiger partial charge in [-0.1, -0.05) is 17.7 Å². The monoisotopic (exact) mass is 221 g/mol. The van der Waals surface area contributed by atoms with Crippen molar-refractivity contribution < 1.29 is 0 Å². The molecule has 0 saturated carbocycles. The maximum absolute atomic E-state index is 11.4. The van der Waals surface area contributed by atoms with E-state index in [1.165, 1.54) is 0 Å². The maximum Gasteiger partial charge on any atom is 0.270 e. The van der Waals surface area contributed by atoms with Crippen molar-refractivity contribution in [3.8, 4) is 11.5 Å². The number of hydrogen-bond acceptors (Lipinski definition) is 3. The van der Waals surface area contributed by atoms with Gasteiger partial charge >= 0.3 is 0 Å². The molecule has 15 heavy (non-hydrogen) atoms. The number of nitrogens with one attached hydrogen (secondary N) is 1. The van der Waals surface area contributed by atoms with Gasteiger partial charge in [0, 0.05) is 6.20 Å². The van der Waals surface area contributed by atoms with Gasteiger partial charge in [-0.05, 0) is 19.1 Å². The standard InChI is InChI=1S/C10H8ClN3O/c1-6-8(11)10(15)14-9(13-6)7-4-2-3-5-12-7/h2-5H,1H3,(H,13,14,15). The van der Waals surface area contributed by atoms with E-state index in [-0.39, 0.29) is 10.6 Å². The van der Waals surface area contributed by atoms with E-state index in [4.69, 9.17) is 11.6 Å². The van der Waals surface area contributed by atoms with Crippen LogP contribution in [0.2, 0.25) is 5.02 Å². The second-order valence-electron chi connectivity index (χ2n) is 3.03. The molecule has 0 unspecified atom stereocenters. The zero-order chi connectivity index (χ0) is 10.8. The van der Waals surface area contributed by atoms with Crippen LogP contribution in [0.5, 0.6) is 0 Å². The largest absolute Gasteiger partial charge is 0.304 e. The van der Waals surface area contributed by atoms with Crippen LogP contribution < -0.4 is 5.56 Å². The number of aromatic nitrogens is 3. The first-order chi connectivity index (χ1) is 7.18. The summed E-state index contributed by atoms with van der Waals surface area (Å²) < 4.78 is 0. The van der Waals surface area contributed by atoms with Crippen molar-refractivity contribution >= 4 is 11.6 Å². The molecule has 2 aromatic heterocycles. The molecule has 0 aromatic carbocycles. The molecule has 0 bridgehead atoms. The van der Waals surface area contributed by atoms with Crippen molar-refractivity contribution in [2.45, 2.75) is 6.92 Å². The molecule has 0 aliphatic carbocycles. The summed E-state index contributed by atoms with van der Waals surface area (Å²) in [5.41, 5.74) is 0.778. The Morgan fingerprint density at radius 1 is 1.40 bits per heavy atom. The van der Waals surface area contributed by atoms with E-state index in [1.807, 2.05) is 6.07 Å². The predicted molar refractivity (Wildman–Crippen MR) is 57.8 cm³/mol. The molecule has 2 rings (SSSR count). The van der Waals surface area contributed by atoms with Crippen molar-refractivity contribution in [3.63, 3.8) is 0 Å². The number of aromatic amines is 1. The topological polar surface area (TPSA) is 58.6 Å². The van der Waals surface area contributed by atoms with E-state index in [2.05, 4.69) is 15.0 Å². The first-order valence-corrected chi connectivity index (χ1v) is 4.74. The number of hydrogen-bond donors (Lipinski definition) is 1. The lowest BCUT2D eigenvalue weighted by Crippen LogP contribution is -2.11. The highest BCUT2D eigenvalue weighted by atomic mass is 35.5. The van der Waals surface area contributed by atoms with Gasteiger partial charge < -0.3 is 4.98 Å². The lowest BCUT2D eigenvalue weighted by molar-refractivity contribution is 1.06. The highest BCUT2D eigenvalue weighted by molar-refractivity contribution is 6.30. The third-order valence-corrected chi connectivity index (χ3v) is 2.38. The minimum atomic E-state index is -0.343. The summed E-state index contributed by atoms with van der Waals surface area (Å²) in [7, 11) is 0. The quantitative estimate of drug-likeness (QED) is 0.799. The molecule has 0 aliphatic heterocycles. The van der Waals surface area contributed by atoms with Gasteiger partial charge in [-0.3, -0.25) is 9.78 Å². The van der Waals surface area contributed by atoms with Crippen LogP contribution in [0.1, 0.15) is 5.69 Å². The molecular weight excluding hydrogens is 214 g/mol. The lowest BCUT2D eigenvalue weighted by Gasteiger charge is -2.01. The van der Waals surface area contributed by atoms with Crippen molar-refractivity contribution in [1.82, 2.24) is 15.0 Å². The molecule has 0 saturated heterocycles. The molecule has 0 radical (unpaired) electrons. The predicted octanol–water partition coefficient (Wildman–Crippen LogP) is 1.79. The van der Waals surface area contributed by atoms with Gasteiger partial charge in [0.1, 0.15) is 10.7 Å². The Labute approximate surface area is 91.0 Å². The fourth-order valence-corrected chi connectivity index (χ4v) is 1.29. The van der Waals surface area contributed by atoms with Crippen molar-refractivity contribution in [2.75, 3.05) is 0 Å². The van der Waals surface area contributed by atoms with Crippen molar-refractivity contribution in [1.29, 1.82) is 0 Å². The Hall–Kier alpha value is -1.68. The molecule has 0 aliphatic rings. The summed E-state index contributed by atoms with van der Waals surface area (Å²) in [4.78, 5) is 22.2. The van der Waals surface area contributed by atoms with E-state index in [0.717, 1.165) is 0 Å². The Bertz CT molecular complexity index is 536. The number of nitrogens with zero attached hydrogens (tertiary/aromatic N) is 2. The summed E-state index contributed by atoms with van der Waals surface area (Å²) in [6.45, 7) is 1.68. The number of aryl methyl sites for hydroxylation is 1. The van der Waals surface area contributed by atoms with Gasteiger partial charge in [-0.15, -0.1) is 0 Å². The molecule has 4 nitrogen and oxygen atoms in total. The van der Waals surface area contributed by atoms with Crippen LogP contribution in [0.15, 0.2) is 29.2 Å². The molecular formula is C10H8ClN3O. The molecule has 1 N–H and O–H groups in total. The van der Waals surface area contributed by atoms with Crippen LogP contribution in [0, 0.1) is 6.92 Å². The number of halogens is 1. The maximum atomic E-state index is 11.4. The van der Waals surface area contributed by atoms with Gasteiger partial charge in [0.2, 0.25) is 0 Å². The van der Waals surface area contributed by atoms with Gasteiger partial charge in [-0.2, -0.15) is 0 Å². The number of H-pyrrole nitrogens is 1. The van der Waals surface area contributed by atoms with Gasteiger partial charge in [0.05, 0.1) is 5.69 Å². The SMILES string of the molecule is Cc1nc(-c2ccccn2)[nH]c(=O)c1Cl. The minimum Gasteiger partial charge on any atom is -0.304 e. The average molecular weight is 222 g/mol. The van der Waals surface area contributed by atoms with Crippen LogP contribution in [0.4, 0.5) is 0 Å². The lowest BCUT2D eigenvalue weighted by atomic mass is 10.3. The zero-order valence-electron chi connectivity index (χ0n) is 7.99. The summed E-state index contributed by atoms with van der Waals surface area (Å²) in [6, 6.07) is 5.39. The summed E-state index contributed by atoms with van der Waals surface area (Å²) >= 11 is 5.71. The number of rotatable bonds is 1. The van der Waals surface area contributed by atoms with E-state index < -0.39 is 0 Å². The Balaban J connectivity index is 2.61. The second-order valence-corrected chi connectivity index (χ2v) is 3.41. The third kappa shape index (κ3) is 1.89. The normalized spacial score (nSPS) is 10.3. The van der Waals surface area contributed by atoms with Gasteiger partial charge in [0.25, 0.3) is 5.56 Å². The molecule has 0 fully saturated rings.